The zero-order chi connectivity index (χ0) is 19.1. The molecule has 6 nitrogen and oxygen atoms in total. The van der Waals surface area contributed by atoms with Gasteiger partial charge in [-0.05, 0) is 30.5 Å². The van der Waals surface area contributed by atoms with E-state index >= 15 is 0 Å². The van der Waals surface area contributed by atoms with Crippen molar-refractivity contribution in [3.8, 4) is 11.5 Å². The van der Waals surface area contributed by atoms with Crippen molar-refractivity contribution in [2.24, 2.45) is 9.98 Å². The zero-order valence-corrected chi connectivity index (χ0v) is 15.9. The molecule has 1 heterocycles. The Bertz CT molecular complexity index is 797. The second kappa shape index (κ2) is 9.19. The largest absolute Gasteiger partial charge is 0.497 e. The molecule has 1 aliphatic rings. The lowest BCUT2D eigenvalue weighted by Gasteiger charge is -2.29. The Morgan fingerprint density at radius 3 is 2.56 bits per heavy atom. The van der Waals surface area contributed by atoms with Crippen LogP contribution >= 0.6 is 0 Å². The fourth-order valence-electron chi connectivity index (χ4n) is 2.99. The van der Waals surface area contributed by atoms with Crippen LogP contribution in [0, 0.1) is 0 Å². The fourth-order valence-corrected chi connectivity index (χ4v) is 2.99. The third kappa shape index (κ3) is 4.65. The highest BCUT2D eigenvalue weighted by Crippen LogP contribution is 2.34. The van der Waals surface area contributed by atoms with Crippen molar-refractivity contribution in [3.05, 3.63) is 47.5 Å². The summed E-state index contributed by atoms with van der Waals surface area (Å²) in [5.41, 5.74) is 3.70. The first-order chi connectivity index (χ1) is 13.2. The Morgan fingerprint density at radius 2 is 1.93 bits per heavy atom. The molecule has 0 atom stereocenters. The highest BCUT2D eigenvalue weighted by molar-refractivity contribution is 5.92. The highest BCUT2D eigenvalue weighted by atomic mass is 16.5. The predicted octanol–water partition coefficient (Wildman–Crippen LogP) is 3.49. The van der Waals surface area contributed by atoms with Crippen LogP contribution in [0.5, 0.6) is 11.5 Å². The lowest BCUT2D eigenvalue weighted by Crippen LogP contribution is -2.36. The van der Waals surface area contributed by atoms with Crippen molar-refractivity contribution in [1.29, 1.82) is 0 Å². The molecule has 0 aromatic heterocycles. The number of hydrogen-bond donors (Lipinski definition) is 0. The Hall–Kier alpha value is -2.86. The number of rotatable bonds is 7. The first-order valence-electron chi connectivity index (χ1n) is 8.90. The molecule has 0 bridgehead atoms. The standard InChI is InChI=1S/C21H25N3O3/c1-22-14-19-20(23-2)12-17(24-8-10-26-11-9-24)13-21(19)27-15-16-4-6-18(25-3)7-5-16/h4-7,12-14H,2,8-11,15H2,1,3H3/b22-14-. The molecule has 0 aliphatic carbocycles. The maximum absolute atomic E-state index is 6.15. The summed E-state index contributed by atoms with van der Waals surface area (Å²) in [6, 6.07) is 11.9. The van der Waals surface area contributed by atoms with E-state index in [0.29, 0.717) is 6.61 Å². The SMILES string of the molecule is C=Nc1cc(N2CCOCC2)cc(OCc2ccc(OC)cc2)c1/C=N\C. The van der Waals surface area contributed by atoms with Crippen LogP contribution in [-0.4, -0.2) is 53.4 Å². The smallest absolute Gasteiger partial charge is 0.132 e. The molecule has 1 fully saturated rings. The van der Waals surface area contributed by atoms with E-state index in [1.54, 1.807) is 20.4 Å². The molecule has 1 saturated heterocycles. The second-order valence-electron chi connectivity index (χ2n) is 6.16. The van der Waals surface area contributed by atoms with Crippen LogP contribution in [0.2, 0.25) is 0 Å². The number of hydrogen-bond acceptors (Lipinski definition) is 6. The van der Waals surface area contributed by atoms with Gasteiger partial charge in [0.05, 0.1) is 31.6 Å². The van der Waals surface area contributed by atoms with Gasteiger partial charge in [0.1, 0.15) is 18.1 Å². The minimum atomic E-state index is 0.442. The number of methoxy groups -OCH3 is 1. The summed E-state index contributed by atoms with van der Waals surface area (Å²) < 4.78 is 16.8. The minimum absolute atomic E-state index is 0.442. The first kappa shape index (κ1) is 18.9. The Labute approximate surface area is 160 Å². The van der Waals surface area contributed by atoms with Gasteiger partial charge < -0.3 is 19.1 Å². The number of benzene rings is 2. The van der Waals surface area contributed by atoms with Gasteiger partial charge in [0.15, 0.2) is 0 Å². The van der Waals surface area contributed by atoms with E-state index in [1.165, 1.54) is 0 Å². The van der Waals surface area contributed by atoms with Crippen molar-refractivity contribution < 1.29 is 14.2 Å². The van der Waals surface area contributed by atoms with Crippen molar-refractivity contribution >= 4 is 24.3 Å². The first-order valence-corrected chi connectivity index (χ1v) is 8.90. The van der Waals surface area contributed by atoms with E-state index in [-0.39, 0.29) is 0 Å². The minimum Gasteiger partial charge on any atom is -0.497 e. The van der Waals surface area contributed by atoms with E-state index in [0.717, 1.165) is 60.3 Å². The molecule has 0 radical (unpaired) electrons. The van der Waals surface area contributed by atoms with Crippen molar-refractivity contribution in [3.63, 3.8) is 0 Å². The summed E-state index contributed by atoms with van der Waals surface area (Å²) in [5.74, 6) is 1.56. The van der Waals surface area contributed by atoms with Crippen LogP contribution in [-0.2, 0) is 11.3 Å². The average Bonchev–Trinajstić information content (AvgIpc) is 2.74. The van der Waals surface area contributed by atoms with Crippen molar-refractivity contribution in [2.45, 2.75) is 6.61 Å². The molecule has 0 amide bonds. The number of morpholine rings is 1. The van der Waals surface area contributed by atoms with Gasteiger partial charge in [-0.15, -0.1) is 0 Å². The molecule has 0 spiro atoms. The van der Waals surface area contributed by atoms with Crippen molar-refractivity contribution in [1.82, 2.24) is 0 Å². The molecule has 0 unspecified atom stereocenters. The summed E-state index contributed by atoms with van der Waals surface area (Å²) in [5, 5.41) is 0. The van der Waals surface area contributed by atoms with Crippen LogP contribution in [0.15, 0.2) is 46.4 Å². The molecule has 2 aromatic rings. The van der Waals surface area contributed by atoms with Crippen LogP contribution in [0.25, 0.3) is 0 Å². The highest BCUT2D eigenvalue weighted by Gasteiger charge is 2.16. The number of anilines is 1. The summed E-state index contributed by atoms with van der Waals surface area (Å²) >= 11 is 0. The van der Waals surface area contributed by atoms with Gasteiger partial charge >= 0.3 is 0 Å². The van der Waals surface area contributed by atoms with Gasteiger partial charge in [-0.3, -0.25) is 9.98 Å². The van der Waals surface area contributed by atoms with Crippen LogP contribution in [0.4, 0.5) is 11.4 Å². The second-order valence-corrected chi connectivity index (χ2v) is 6.16. The zero-order valence-electron chi connectivity index (χ0n) is 15.9. The van der Waals surface area contributed by atoms with Gasteiger partial charge in [-0.1, -0.05) is 12.1 Å². The van der Waals surface area contributed by atoms with E-state index in [1.807, 2.05) is 36.4 Å². The van der Waals surface area contributed by atoms with E-state index < -0.39 is 0 Å². The van der Waals surface area contributed by atoms with Crippen LogP contribution in [0.3, 0.4) is 0 Å². The van der Waals surface area contributed by atoms with Gasteiger partial charge in [0.2, 0.25) is 0 Å². The monoisotopic (exact) mass is 367 g/mol. The lowest BCUT2D eigenvalue weighted by atomic mass is 10.1. The molecule has 142 valence electrons. The quantitative estimate of drug-likeness (QED) is 0.703. The van der Waals surface area contributed by atoms with Crippen LogP contribution in [0.1, 0.15) is 11.1 Å². The summed E-state index contributed by atoms with van der Waals surface area (Å²) in [6.45, 7) is 7.28. The van der Waals surface area contributed by atoms with Gasteiger partial charge in [-0.2, -0.15) is 0 Å². The summed E-state index contributed by atoms with van der Waals surface area (Å²) in [6.07, 6.45) is 1.76. The topological polar surface area (TPSA) is 55.7 Å². The molecule has 27 heavy (non-hydrogen) atoms. The molecule has 2 aromatic carbocycles. The van der Waals surface area contributed by atoms with Gasteiger partial charge in [0, 0.05) is 38.1 Å². The Kier molecular flexibility index (Phi) is 6.44. The Balaban J connectivity index is 1.88. The third-order valence-electron chi connectivity index (χ3n) is 4.46. The van der Waals surface area contributed by atoms with E-state index in [2.05, 4.69) is 21.6 Å². The summed E-state index contributed by atoms with van der Waals surface area (Å²) in [7, 11) is 3.39. The molecule has 6 heteroatoms. The number of ether oxygens (including phenoxy) is 3. The maximum atomic E-state index is 6.15. The maximum Gasteiger partial charge on any atom is 0.132 e. The Morgan fingerprint density at radius 1 is 1.19 bits per heavy atom. The third-order valence-corrected chi connectivity index (χ3v) is 4.46. The fraction of sp³-hybridized carbons (Fsp3) is 0.333. The molecule has 0 N–H and O–H groups in total. The van der Waals surface area contributed by atoms with Crippen molar-refractivity contribution in [2.75, 3.05) is 45.4 Å². The molecule has 1 aliphatic heterocycles. The van der Waals surface area contributed by atoms with Gasteiger partial charge in [0.25, 0.3) is 0 Å². The molecular weight excluding hydrogens is 342 g/mol. The molecular formula is C21H25N3O3. The summed E-state index contributed by atoms with van der Waals surface area (Å²) in [4.78, 5) is 10.6. The average molecular weight is 367 g/mol. The number of nitrogens with zero attached hydrogens (tertiary/aromatic N) is 3. The number of aliphatic imine (C=N–C) groups is 2. The molecule has 3 rings (SSSR count). The normalized spacial score (nSPS) is 14.4. The van der Waals surface area contributed by atoms with Crippen LogP contribution < -0.4 is 14.4 Å². The lowest BCUT2D eigenvalue weighted by molar-refractivity contribution is 0.122. The van der Waals surface area contributed by atoms with Gasteiger partial charge in [-0.25, -0.2) is 0 Å². The predicted molar refractivity (Wildman–Crippen MR) is 110 cm³/mol. The van der Waals surface area contributed by atoms with E-state index in [9.17, 15) is 0 Å². The molecule has 0 saturated carbocycles. The van der Waals surface area contributed by atoms with E-state index in [4.69, 9.17) is 14.2 Å².